The molecule has 0 bridgehead atoms. The van der Waals surface area contributed by atoms with Crippen LogP contribution in [0.25, 0.3) is 0 Å². The Morgan fingerprint density at radius 1 is 1.19 bits per heavy atom. The molecular weight excluding hydrogens is 343 g/mol. The van der Waals surface area contributed by atoms with Gasteiger partial charge in [-0.3, -0.25) is 4.79 Å². The van der Waals surface area contributed by atoms with E-state index < -0.39 is 11.6 Å². The molecule has 0 aliphatic rings. The third kappa shape index (κ3) is 2.25. The summed E-state index contributed by atoms with van der Waals surface area (Å²) in [6.07, 6.45) is 0. The molecule has 1 aromatic carbocycles. The van der Waals surface area contributed by atoms with Crippen molar-refractivity contribution in [1.29, 1.82) is 0 Å². The quantitative estimate of drug-likeness (QED) is 0.763. The molecule has 1 aromatic heterocycles. The fraction of sp³-hybridized carbons (Fsp3) is 0. The van der Waals surface area contributed by atoms with Crippen molar-refractivity contribution >= 4 is 37.6 Å². The van der Waals surface area contributed by atoms with Gasteiger partial charge in [0.1, 0.15) is 5.82 Å². The van der Waals surface area contributed by atoms with Gasteiger partial charge in [-0.05, 0) is 46.3 Å². The Labute approximate surface area is 108 Å². The largest absolute Gasteiger partial charge is 0.446 e. The molecular formula is C11H5Br2FO2. The molecule has 0 spiro atoms. The molecule has 2 nitrogen and oxygen atoms in total. The summed E-state index contributed by atoms with van der Waals surface area (Å²) in [5.74, 6) is -0.950. The molecule has 0 atom stereocenters. The van der Waals surface area contributed by atoms with Gasteiger partial charge in [0, 0.05) is 4.47 Å². The lowest BCUT2D eigenvalue weighted by molar-refractivity contribution is 0.100. The molecule has 0 radical (unpaired) electrons. The van der Waals surface area contributed by atoms with Gasteiger partial charge in [-0.25, -0.2) is 4.39 Å². The van der Waals surface area contributed by atoms with Crippen LogP contribution >= 0.6 is 31.9 Å². The minimum atomic E-state index is -0.569. The standard InChI is InChI=1S/C11H5Br2FO2/c12-6-1-2-8(14)7(5-6)11(15)9-3-4-10(13)16-9/h1-5H. The summed E-state index contributed by atoms with van der Waals surface area (Å²) in [7, 11) is 0. The molecule has 1 heterocycles. The number of carbonyl (C=O) groups is 1. The number of rotatable bonds is 2. The maximum absolute atomic E-state index is 13.4. The number of halogens is 3. The van der Waals surface area contributed by atoms with Gasteiger partial charge in [-0.2, -0.15) is 0 Å². The van der Waals surface area contributed by atoms with Crippen LogP contribution in [-0.2, 0) is 0 Å². The van der Waals surface area contributed by atoms with Crippen molar-refractivity contribution in [2.24, 2.45) is 0 Å². The van der Waals surface area contributed by atoms with Crippen molar-refractivity contribution in [1.82, 2.24) is 0 Å². The first-order chi connectivity index (χ1) is 7.58. The summed E-state index contributed by atoms with van der Waals surface area (Å²) in [5, 5.41) is 0. The summed E-state index contributed by atoms with van der Waals surface area (Å²) >= 11 is 6.27. The minimum Gasteiger partial charge on any atom is -0.446 e. The highest BCUT2D eigenvalue weighted by molar-refractivity contribution is 9.10. The van der Waals surface area contributed by atoms with Crippen LogP contribution in [0.3, 0.4) is 0 Å². The van der Waals surface area contributed by atoms with Crippen molar-refractivity contribution < 1.29 is 13.6 Å². The molecule has 0 aliphatic carbocycles. The van der Waals surface area contributed by atoms with E-state index in [0.717, 1.165) is 0 Å². The molecule has 0 amide bonds. The smallest absolute Gasteiger partial charge is 0.231 e. The van der Waals surface area contributed by atoms with Gasteiger partial charge in [0.15, 0.2) is 10.4 Å². The third-order valence-electron chi connectivity index (χ3n) is 1.97. The van der Waals surface area contributed by atoms with Gasteiger partial charge in [0.25, 0.3) is 0 Å². The second kappa shape index (κ2) is 4.51. The van der Waals surface area contributed by atoms with Crippen molar-refractivity contribution in [2.45, 2.75) is 0 Å². The predicted octanol–water partition coefficient (Wildman–Crippen LogP) is 4.17. The van der Waals surface area contributed by atoms with Gasteiger partial charge < -0.3 is 4.42 Å². The Hall–Kier alpha value is -0.940. The highest BCUT2D eigenvalue weighted by atomic mass is 79.9. The second-order valence-electron chi connectivity index (χ2n) is 3.06. The highest BCUT2D eigenvalue weighted by Gasteiger charge is 2.17. The van der Waals surface area contributed by atoms with Gasteiger partial charge in [0.2, 0.25) is 5.78 Å². The Morgan fingerprint density at radius 2 is 1.94 bits per heavy atom. The van der Waals surface area contributed by atoms with Crippen LogP contribution in [0, 0.1) is 5.82 Å². The van der Waals surface area contributed by atoms with E-state index in [1.54, 1.807) is 6.07 Å². The van der Waals surface area contributed by atoms with Crippen molar-refractivity contribution in [3.8, 4) is 0 Å². The van der Waals surface area contributed by atoms with Crippen LogP contribution in [0.1, 0.15) is 16.1 Å². The van der Waals surface area contributed by atoms with Crippen LogP contribution in [-0.4, -0.2) is 5.78 Å². The molecule has 0 aliphatic heterocycles. The minimum absolute atomic E-state index is 0.0174. The molecule has 2 aromatic rings. The van der Waals surface area contributed by atoms with E-state index in [4.69, 9.17) is 4.42 Å². The Kier molecular flexibility index (Phi) is 3.25. The fourth-order valence-electron chi connectivity index (χ4n) is 1.24. The average molecular weight is 348 g/mol. The summed E-state index contributed by atoms with van der Waals surface area (Å²) in [6.45, 7) is 0. The molecule has 0 fully saturated rings. The summed E-state index contributed by atoms with van der Waals surface area (Å²) in [5.41, 5.74) is -0.0174. The van der Waals surface area contributed by atoms with Crippen molar-refractivity contribution in [3.05, 3.63) is 56.6 Å². The number of hydrogen-bond acceptors (Lipinski definition) is 2. The summed E-state index contributed by atoms with van der Waals surface area (Å²) < 4.78 is 19.6. The van der Waals surface area contributed by atoms with Gasteiger partial charge >= 0.3 is 0 Å². The lowest BCUT2D eigenvalue weighted by Crippen LogP contribution is -2.02. The molecule has 16 heavy (non-hydrogen) atoms. The van der Waals surface area contributed by atoms with Crippen LogP contribution < -0.4 is 0 Å². The van der Waals surface area contributed by atoms with Crippen molar-refractivity contribution in [2.75, 3.05) is 0 Å². The van der Waals surface area contributed by atoms with Crippen LogP contribution in [0.4, 0.5) is 4.39 Å². The first-order valence-corrected chi connectivity index (χ1v) is 5.91. The van der Waals surface area contributed by atoms with Crippen LogP contribution in [0.5, 0.6) is 0 Å². The Bertz CT molecular complexity index is 549. The SMILES string of the molecule is O=C(c1ccc(Br)o1)c1cc(Br)ccc1F. The Morgan fingerprint density at radius 3 is 2.56 bits per heavy atom. The molecule has 0 saturated carbocycles. The predicted molar refractivity (Wildman–Crippen MR) is 63.9 cm³/mol. The number of ketones is 1. The third-order valence-corrected chi connectivity index (χ3v) is 2.89. The first-order valence-electron chi connectivity index (χ1n) is 4.33. The second-order valence-corrected chi connectivity index (χ2v) is 4.75. The Balaban J connectivity index is 2.45. The monoisotopic (exact) mass is 346 g/mol. The molecule has 2 rings (SSSR count). The maximum atomic E-state index is 13.4. The van der Waals surface area contributed by atoms with Crippen molar-refractivity contribution in [3.63, 3.8) is 0 Å². The zero-order valence-electron chi connectivity index (χ0n) is 7.84. The summed E-state index contributed by atoms with van der Waals surface area (Å²) in [6, 6.07) is 7.27. The lowest BCUT2D eigenvalue weighted by Gasteiger charge is -2.00. The van der Waals surface area contributed by atoms with E-state index in [2.05, 4.69) is 31.9 Å². The van der Waals surface area contributed by atoms with Crippen LogP contribution in [0.2, 0.25) is 0 Å². The van der Waals surface area contributed by atoms with E-state index in [0.29, 0.717) is 9.14 Å². The van der Waals surface area contributed by atoms with E-state index in [1.165, 1.54) is 24.3 Å². The molecule has 0 saturated heterocycles. The normalized spacial score (nSPS) is 10.4. The van der Waals surface area contributed by atoms with E-state index >= 15 is 0 Å². The molecule has 82 valence electrons. The zero-order valence-corrected chi connectivity index (χ0v) is 11.0. The first kappa shape index (κ1) is 11.5. The number of hydrogen-bond donors (Lipinski definition) is 0. The van der Waals surface area contributed by atoms with Crippen LogP contribution in [0.15, 0.2) is 43.9 Å². The molecule has 0 N–H and O–H groups in total. The van der Waals surface area contributed by atoms with Gasteiger partial charge in [-0.15, -0.1) is 0 Å². The van der Waals surface area contributed by atoms with Gasteiger partial charge in [-0.1, -0.05) is 15.9 Å². The number of carbonyl (C=O) groups excluding carboxylic acids is 1. The van der Waals surface area contributed by atoms with E-state index in [-0.39, 0.29) is 11.3 Å². The van der Waals surface area contributed by atoms with Gasteiger partial charge in [0.05, 0.1) is 5.56 Å². The molecule has 0 unspecified atom stereocenters. The highest BCUT2D eigenvalue weighted by Crippen LogP contribution is 2.21. The number of benzene rings is 1. The molecule has 5 heteroatoms. The summed E-state index contributed by atoms with van der Waals surface area (Å²) in [4.78, 5) is 11.9. The number of furan rings is 1. The topological polar surface area (TPSA) is 30.2 Å². The zero-order chi connectivity index (χ0) is 11.7. The van der Waals surface area contributed by atoms with E-state index in [9.17, 15) is 9.18 Å². The fourth-order valence-corrected chi connectivity index (χ4v) is 1.91. The maximum Gasteiger partial charge on any atom is 0.231 e. The van der Waals surface area contributed by atoms with E-state index in [1.807, 2.05) is 0 Å². The average Bonchev–Trinajstić information content (AvgIpc) is 2.67. The lowest BCUT2D eigenvalue weighted by atomic mass is 10.1.